The monoisotopic (exact) mass is 423 g/mol. The minimum atomic E-state index is -0.154. The fourth-order valence-electron chi connectivity index (χ4n) is 6.67. The first kappa shape index (κ1) is 19.5. The first-order valence-electron chi connectivity index (χ1n) is 12.1. The predicted octanol–water partition coefficient (Wildman–Crippen LogP) is 3.43. The van der Waals surface area contributed by atoms with E-state index in [1.807, 2.05) is 24.3 Å². The van der Waals surface area contributed by atoms with E-state index >= 15 is 0 Å². The summed E-state index contributed by atoms with van der Waals surface area (Å²) in [5.41, 5.74) is 1.53. The molecule has 6 rings (SSSR count). The van der Waals surface area contributed by atoms with Gasteiger partial charge in [0.2, 0.25) is 0 Å². The highest BCUT2D eigenvalue weighted by molar-refractivity contribution is 5.75. The summed E-state index contributed by atoms with van der Waals surface area (Å²) in [5.74, 6) is 2.81. The van der Waals surface area contributed by atoms with Crippen molar-refractivity contribution in [3.05, 3.63) is 35.9 Å². The smallest absolute Gasteiger partial charge is 0.318 e. The van der Waals surface area contributed by atoms with Crippen LogP contribution in [0.25, 0.3) is 0 Å². The number of piperidine rings is 3. The quantitative estimate of drug-likeness (QED) is 0.741. The van der Waals surface area contributed by atoms with Gasteiger partial charge in [-0.15, -0.1) is 0 Å². The Hall–Kier alpha value is -2.21. The van der Waals surface area contributed by atoms with Gasteiger partial charge in [-0.1, -0.05) is 30.2 Å². The third-order valence-corrected chi connectivity index (χ3v) is 7.97. The van der Waals surface area contributed by atoms with Crippen molar-refractivity contribution in [2.75, 3.05) is 32.8 Å². The van der Waals surface area contributed by atoms with Crippen LogP contribution in [0.2, 0.25) is 0 Å². The van der Waals surface area contributed by atoms with E-state index in [9.17, 15) is 4.79 Å². The van der Waals surface area contributed by atoms with Crippen molar-refractivity contribution in [2.24, 2.45) is 11.8 Å². The van der Waals surface area contributed by atoms with E-state index in [-0.39, 0.29) is 18.2 Å². The molecule has 3 saturated heterocycles. The summed E-state index contributed by atoms with van der Waals surface area (Å²) in [6.45, 7) is 4.18. The summed E-state index contributed by atoms with van der Waals surface area (Å²) >= 11 is 0. The largest absolute Gasteiger partial charge is 0.486 e. The highest BCUT2D eigenvalue weighted by atomic mass is 16.6. The Balaban J connectivity index is 1.13. The zero-order chi connectivity index (χ0) is 20.8. The van der Waals surface area contributed by atoms with E-state index in [0.29, 0.717) is 25.0 Å². The van der Waals surface area contributed by atoms with Crippen molar-refractivity contribution in [3.8, 4) is 11.5 Å². The van der Waals surface area contributed by atoms with Gasteiger partial charge in [0.25, 0.3) is 0 Å². The number of hydrogen-bond acceptors (Lipinski definition) is 4. The highest BCUT2D eigenvalue weighted by Crippen LogP contribution is 2.45. The average Bonchev–Trinajstić information content (AvgIpc) is 2.82. The Bertz CT molecular complexity index is 871. The molecule has 0 aromatic heterocycles. The normalized spacial score (nSPS) is 34.3. The van der Waals surface area contributed by atoms with Gasteiger partial charge in [-0.2, -0.15) is 0 Å². The van der Waals surface area contributed by atoms with Crippen LogP contribution >= 0.6 is 0 Å². The summed E-state index contributed by atoms with van der Waals surface area (Å²) in [4.78, 5) is 18.1. The highest BCUT2D eigenvalue weighted by Gasteiger charge is 2.47. The lowest BCUT2D eigenvalue weighted by Crippen LogP contribution is -2.61. The van der Waals surface area contributed by atoms with Gasteiger partial charge in [0.05, 0.1) is 12.6 Å². The van der Waals surface area contributed by atoms with Crippen molar-refractivity contribution in [1.29, 1.82) is 0 Å². The van der Waals surface area contributed by atoms with Gasteiger partial charge < -0.3 is 19.7 Å². The minimum Gasteiger partial charge on any atom is -0.486 e. The minimum absolute atomic E-state index is 0.0530. The molecule has 166 valence electrons. The fraction of sp³-hybridized carbons (Fsp3) is 0.640. The molecule has 3 fully saturated rings. The van der Waals surface area contributed by atoms with Crippen LogP contribution in [-0.4, -0.2) is 66.8 Å². The molecule has 6 heteroatoms. The molecule has 31 heavy (non-hydrogen) atoms. The average molecular weight is 424 g/mol. The summed E-state index contributed by atoms with van der Waals surface area (Å²) < 4.78 is 11.8. The molecule has 0 radical (unpaired) electrons. The molecule has 5 aliphatic rings. The summed E-state index contributed by atoms with van der Waals surface area (Å²) in [7, 11) is 0. The number of nitrogens with one attached hydrogen (secondary N) is 1. The van der Waals surface area contributed by atoms with Crippen LogP contribution in [0.3, 0.4) is 0 Å². The van der Waals surface area contributed by atoms with Crippen LogP contribution in [0.5, 0.6) is 11.5 Å². The number of urea groups is 1. The third-order valence-electron chi connectivity index (χ3n) is 7.97. The maximum Gasteiger partial charge on any atom is 0.318 e. The van der Waals surface area contributed by atoms with Gasteiger partial charge in [-0.05, 0) is 62.6 Å². The summed E-state index contributed by atoms with van der Waals surface area (Å²) in [5, 5.41) is 3.16. The predicted molar refractivity (Wildman–Crippen MR) is 118 cm³/mol. The Morgan fingerprint density at radius 3 is 2.97 bits per heavy atom. The number of amides is 2. The maximum absolute atomic E-state index is 13.3. The number of hydrogen-bond donors (Lipinski definition) is 1. The second-order valence-electron chi connectivity index (χ2n) is 9.88. The van der Waals surface area contributed by atoms with Gasteiger partial charge in [-0.25, -0.2) is 4.79 Å². The van der Waals surface area contributed by atoms with E-state index in [4.69, 9.17) is 9.47 Å². The summed E-state index contributed by atoms with van der Waals surface area (Å²) in [6.07, 6.45) is 9.94. The van der Waals surface area contributed by atoms with Crippen molar-refractivity contribution in [3.63, 3.8) is 0 Å². The van der Waals surface area contributed by atoms with Crippen LogP contribution < -0.4 is 14.8 Å². The molecule has 0 saturated carbocycles. The van der Waals surface area contributed by atoms with E-state index in [1.165, 1.54) is 37.8 Å². The Morgan fingerprint density at radius 2 is 2.03 bits per heavy atom. The number of fused-ring (bicyclic) bond motifs is 7. The van der Waals surface area contributed by atoms with Crippen molar-refractivity contribution in [1.82, 2.24) is 15.1 Å². The van der Waals surface area contributed by atoms with Crippen LogP contribution in [0.1, 0.15) is 38.5 Å². The standard InChI is InChI=1S/C25H33N3O3/c29-25(26-14-20-16-30-22-8-1-2-9-23(22)31-20)28-11-5-6-17-12-18-13-19(24(17)28)15-27-10-4-3-7-21(18)27/h1-2,8-9,12,18-21,24H,3-7,10-11,13-16H2,(H,26,29)/t18?,19?,20?,21-,24-/m0/s1. The molecule has 1 aromatic rings. The lowest BCUT2D eigenvalue weighted by Gasteiger charge is -2.54. The Morgan fingerprint density at radius 1 is 1.13 bits per heavy atom. The zero-order valence-corrected chi connectivity index (χ0v) is 18.2. The van der Waals surface area contributed by atoms with Crippen molar-refractivity contribution >= 4 is 6.03 Å². The second-order valence-corrected chi connectivity index (χ2v) is 9.88. The van der Waals surface area contributed by atoms with Crippen LogP contribution in [0, 0.1) is 11.8 Å². The number of likely N-dealkylation sites (tertiary alicyclic amines) is 1. The number of rotatable bonds is 2. The van der Waals surface area contributed by atoms with E-state index in [0.717, 1.165) is 43.5 Å². The van der Waals surface area contributed by atoms with Gasteiger partial charge in [0, 0.05) is 19.1 Å². The topological polar surface area (TPSA) is 54.0 Å². The molecule has 4 heterocycles. The zero-order valence-electron chi connectivity index (χ0n) is 18.2. The van der Waals surface area contributed by atoms with Crippen molar-refractivity contribution < 1.29 is 14.3 Å². The van der Waals surface area contributed by atoms with E-state index < -0.39 is 0 Å². The fourth-order valence-corrected chi connectivity index (χ4v) is 6.67. The number of carbonyl (C=O) groups excluding carboxylic acids is 1. The molecule has 1 aliphatic carbocycles. The van der Waals surface area contributed by atoms with Gasteiger partial charge in [0.15, 0.2) is 17.6 Å². The first-order chi connectivity index (χ1) is 15.3. The van der Waals surface area contributed by atoms with Gasteiger partial charge in [0.1, 0.15) is 6.61 Å². The van der Waals surface area contributed by atoms with Gasteiger partial charge >= 0.3 is 6.03 Å². The Kier molecular flexibility index (Phi) is 5.05. The Labute approximate surface area is 184 Å². The number of para-hydroxylation sites is 2. The molecule has 1 aromatic carbocycles. The van der Waals surface area contributed by atoms with Crippen LogP contribution in [0.15, 0.2) is 35.9 Å². The summed E-state index contributed by atoms with van der Waals surface area (Å²) in [6, 6.07) is 8.79. The molecule has 3 unspecified atom stereocenters. The number of benzene rings is 1. The van der Waals surface area contributed by atoms with Crippen molar-refractivity contribution in [2.45, 2.75) is 56.7 Å². The lowest BCUT2D eigenvalue weighted by atomic mass is 9.68. The van der Waals surface area contributed by atoms with E-state index in [2.05, 4.69) is 21.2 Å². The molecule has 1 N–H and O–H groups in total. The maximum atomic E-state index is 13.3. The molecule has 2 amide bonds. The van der Waals surface area contributed by atoms with E-state index in [1.54, 1.807) is 0 Å². The lowest BCUT2D eigenvalue weighted by molar-refractivity contribution is 0.00747. The first-order valence-corrected chi connectivity index (χ1v) is 12.1. The number of nitrogens with zero attached hydrogens (tertiary/aromatic N) is 2. The molecular weight excluding hydrogens is 390 g/mol. The van der Waals surface area contributed by atoms with Crippen LogP contribution in [0.4, 0.5) is 4.79 Å². The number of ether oxygens (including phenoxy) is 2. The molecule has 2 bridgehead atoms. The molecule has 6 nitrogen and oxygen atoms in total. The molecule has 5 atom stereocenters. The number of carbonyl (C=O) groups is 1. The van der Waals surface area contributed by atoms with Crippen LogP contribution in [-0.2, 0) is 0 Å². The van der Waals surface area contributed by atoms with Gasteiger partial charge in [-0.3, -0.25) is 4.90 Å². The molecule has 0 spiro atoms. The SMILES string of the molecule is O=C(NCC1COc2ccccc2O1)N1CCCC2=CC3CC(CN4CCCC[C@@H]34)[C@H]21. The second kappa shape index (κ2) is 8.05. The third kappa shape index (κ3) is 3.59. The molecule has 4 aliphatic heterocycles. The molecular formula is C25H33N3O3.